The molecule has 0 amide bonds. The summed E-state index contributed by atoms with van der Waals surface area (Å²) in [6.07, 6.45) is 8.19. The first-order valence-corrected chi connectivity index (χ1v) is 10.6. The summed E-state index contributed by atoms with van der Waals surface area (Å²) >= 11 is 0. The second kappa shape index (κ2) is 6.43. The first-order chi connectivity index (χ1) is 14.6. The number of benzene rings is 2. The van der Waals surface area contributed by atoms with E-state index in [0.717, 1.165) is 56.8 Å². The number of hydrogen-bond donors (Lipinski definition) is 0. The van der Waals surface area contributed by atoms with Crippen LogP contribution in [0.4, 0.5) is 0 Å². The molecule has 2 aromatic carbocycles. The van der Waals surface area contributed by atoms with Crippen LogP contribution in [0.15, 0.2) is 65.3 Å². The molecule has 3 aromatic heterocycles. The Kier molecular flexibility index (Phi) is 3.79. The highest BCUT2D eigenvalue weighted by Crippen LogP contribution is 2.42. The monoisotopic (exact) mass is 388 g/mol. The number of pyridine rings is 2. The molecule has 5 aromatic rings. The predicted molar refractivity (Wildman–Crippen MR) is 123 cm³/mol. The Balaban J connectivity index is 1.64. The van der Waals surface area contributed by atoms with Gasteiger partial charge in [0, 0.05) is 28.7 Å². The van der Waals surface area contributed by atoms with Gasteiger partial charge in [-0.3, -0.25) is 4.98 Å². The lowest BCUT2D eigenvalue weighted by Crippen LogP contribution is -2.22. The number of nitrogens with zero attached hydrogens (tertiary/aromatic N) is 2. The Morgan fingerprint density at radius 1 is 0.967 bits per heavy atom. The van der Waals surface area contributed by atoms with Crippen LogP contribution in [0.2, 0.25) is 0 Å². The molecular weight excluding hydrogens is 367 g/mol. The normalized spacial score (nSPS) is 16.0. The van der Waals surface area contributed by atoms with E-state index in [9.17, 15) is 0 Å². The molecule has 144 valence electrons. The minimum Gasteiger partial charge on any atom is -0.437 e. The Bertz CT molecular complexity index is 1430. The molecule has 1 fully saturated rings. The van der Waals surface area contributed by atoms with Crippen LogP contribution >= 0.6 is 0 Å². The van der Waals surface area contributed by atoms with Crippen LogP contribution in [0.5, 0.6) is 0 Å². The molecule has 30 heavy (non-hydrogen) atoms. The number of rotatable bonds is 2. The summed E-state index contributed by atoms with van der Waals surface area (Å²) in [5, 5.41) is 4.16. The molecule has 1 aliphatic carbocycles. The van der Waals surface area contributed by atoms with Crippen molar-refractivity contribution in [1.82, 2.24) is 9.97 Å². The van der Waals surface area contributed by atoms with Crippen LogP contribution in [0, 0.1) is 6.92 Å². The molecule has 6 rings (SSSR count). The van der Waals surface area contributed by atoms with Gasteiger partial charge in [-0.25, -0.2) is 4.98 Å². The molecular formula is C26H21BN2O. The quantitative estimate of drug-likeness (QED) is 0.327. The molecule has 3 nitrogen and oxygen atoms in total. The summed E-state index contributed by atoms with van der Waals surface area (Å²) in [4.78, 5) is 9.32. The molecule has 3 heterocycles. The first kappa shape index (κ1) is 17.7. The summed E-state index contributed by atoms with van der Waals surface area (Å²) in [6, 6.07) is 16.8. The molecule has 0 saturated heterocycles. The molecule has 0 bridgehead atoms. The molecule has 0 atom stereocenters. The van der Waals surface area contributed by atoms with E-state index < -0.39 is 0 Å². The van der Waals surface area contributed by atoms with Crippen molar-refractivity contribution in [2.45, 2.75) is 37.9 Å². The zero-order valence-corrected chi connectivity index (χ0v) is 17.0. The second-order valence-electron chi connectivity index (χ2n) is 8.55. The summed E-state index contributed by atoms with van der Waals surface area (Å²) < 4.78 is 6.34. The van der Waals surface area contributed by atoms with E-state index >= 15 is 0 Å². The average molecular weight is 388 g/mol. The highest BCUT2D eigenvalue weighted by atomic mass is 16.3. The number of furan rings is 1. The largest absolute Gasteiger partial charge is 0.437 e. The maximum atomic E-state index is 6.74. The summed E-state index contributed by atoms with van der Waals surface area (Å²) in [7, 11) is 6.74. The molecule has 4 heteroatoms. The van der Waals surface area contributed by atoms with Crippen molar-refractivity contribution in [2.24, 2.45) is 0 Å². The van der Waals surface area contributed by atoms with E-state index in [1.54, 1.807) is 0 Å². The zero-order valence-electron chi connectivity index (χ0n) is 17.0. The number of aromatic nitrogens is 2. The lowest BCUT2D eigenvalue weighted by Gasteiger charge is -2.25. The van der Waals surface area contributed by atoms with E-state index in [4.69, 9.17) is 17.2 Å². The van der Waals surface area contributed by atoms with Crippen molar-refractivity contribution >= 4 is 40.7 Å². The van der Waals surface area contributed by atoms with Crippen LogP contribution in [0.3, 0.4) is 0 Å². The van der Waals surface area contributed by atoms with Crippen LogP contribution in [0.1, 0.15) is 36.8 Å². The van der Waals surface area contributed by atoms with Crippen molar-refractivity contribution in [2.75, 3.05) is 0 Å². The van der Waals surface area contributed by atoms with Gasteiger partial charge >= 0.3 is 0 Å². The molecule has 0 aliphatic heterocycles. The van der Waals surface area contributed by atoms with E-state index in [-0.39, 0.29) is 5.31 Å². The van der Waals surface area contributed by atoms with E-state index in [1.165, 1.54) is 18.4 Å². The number of fused-ring (bicyclic) bond motifs is 5. The molecule has 0 spiro atoms. The van der Waals surface area contributed by atoms with Gasteiger partial charge in [-0.15, -0.1) is 0 Å². The minimum absolute atomic E-state index is 0.245. The molecule has 1 aliphatic rings. The second-order valence-corrected chi connectivity index (χ2v) is 8.55. The standard InChI is InChI=1S/C26H21BN2O/c1-16-8-9-20-23-19-7-3-2-6-17(19)15-29-25(23)30-24(20)22(16)21-14-18(10-13-28-21)26(27)11-4-5-12-26/h2-3,6-10,13-15H,4-5,11-12H2,1H3. The maximum Gasteiger partial charge on any atom is 0.227 e. The topological polar surface area (TPSA) is 38.9 Å². The van der Waals surface area contributed by atoms with Crippen molar-refractivity contribution < 1.29 is 4.42 Å². The van der Waals surface area contributed by atoms with Crippen LogP contribution in [0.25, 0.3) is 44.1 Å². The van der Waals surface area contributed by atoms with Gasteiger partial charge in [-0.2, -0.15) is 0 Å². The summed E-state index contributed by atoms with van der Waals surface area (Å²) in [6.45, 7) is 2.11. The van der Waals surface area contributed by atoms with Gasteiger partial charge in [0.25, 0.3) is 0 Å². The average Bonchev–Trinajstić information content (AvgIpc) is 3.38. The van der Waals surface area contributed by atoms with Gasteiger partial charge in [0.15, 0.2) is 0 Å². The minimum atomic E-state index is -0.245. The van der Waals surface area contributed by atoms with Gasteiger partial charge in [-0.05, 0) is 40.9 Å². The molecule has 2 radical (unpaired) electrons. The Morgan fingerprint density at radius 3 is 2.67 bits per heavy atom. The number of aryl methyl sites for hydroxylation is 1. The summed E-state index contributed by atoms with van der Waals surface area (Å²) in [5.41, 5.74) is 5.75. The molecule has 1 saturated carbocycles. The summed E-state index contributed by atoms with van der Waals surface area (Å²) in [5.74, 6) is 0. The van der Waals surface area contributed by atoms with E-state index in [2.05, 4.69) is 54.4 Å². The smallest absolute Gasteiger partial charge is 0.227 e. The van der Waals surface area contributed by atoms with Crippen LogP contribution < -0.4 is 0 Å². The van der Waals surface area contributed by atoms with Gasteiger partial charge in [0.05, 0.1) is 18.9 Å². The molecule has 0 unspecified atom stereocenters. The fourth-order valence-corrected chi connectivity index (χ4v) is 5.05. The SMILES string of the molecule is [B]C1(c2ccnc(-c3c(C)ccc4c3oc3ncc5ccccc5c34)c2)CCCC1. The first-order valence-electron chi connectivity index (χ1n) is 10.6. The van der Waals surface area contributed by atoms with Crippen molar-refractivity contribution in [3.63, 3.8) is 0 Å². The highest BCUT2D eigenvalue weighted by molar-refractivity contribution is 6.19. The van der Waals surface area contributed by atoms with Gasteiger partial charge in [0.2, 0.25) is 5.71 Å². The Labute approximate surface area is 176 Å². The van der Waals surface area contributed by atoms with Crippen LogP contribution in [-0.2, 0) is 5.31 Å². The van der Waals surface area contributed by atoms with Crippen molar-refractivity contribution in [3.8, 4) is 11.3 Å². The third-order valence-corrected chi connectivity index (χ3v) is 6.69. The lowest BCUT2D eigenvalue weighted by atomic mass is 9.63. The Hall–Kier alpha value is -3.14. The lowest BCUT2D eigenvalue weighted by molar-refractivity contribution is 0.634. The van der Waals surface area contributed by atoms with Crippen LogP contribution in [-0.4, -0.2) is 17.8 Å². The maximum absolute atomic E-state index is 6.74. The van der Waals surface area contributed by atoms with Gasteiger partial charge in [0.1, 0.15) is 5.58 Å². The van der Waals surface area contributed by atoms with Crippen molar-refractivity contribution in [3.05, 3.63) is 72.1 Å². The zero-order chi connectivity index (χ0) is 20.3. The van der Waals surface area contributed by atoms with Crippen molar-refractivity contribution in [1.29, 1.82) is 0 Å². The van der Waals surface area contributed by atoms with Gasteiger partial charge < -0.3 is 4.42 Å². The van der Waals surface area contributed by atoms with Gasteiger partial charge in [-0.1, -0.05) is 62.1 Å². The third kappa shape index (κ3) is 2.53. The van der Waals surface area contributed by atoms with E-state index in [1.807, 2.05) is 18.5 Å². The third-order valence-electron chi connectivity index (χ3n) is 6.69. The predicted octanol–water partition coefficient (Wildman–Crippen LogP) is 6.44. The van der Waals surface area contributed by atoms with E-state index in [0.29, 0.717) is 5.71 Å². The fraction of sp³-hybridized carbons (Fsp3) is 0.231. The highest BCUT2D eigenvalue weighted by Gasteiger charge is 2.30. The number of hydrogen-bond acceptors (Lipinski definition) is 3. The molecule has 0 N–H and O–H groups in total. The fourth-order valence-electron chi connectivity index (χ4n) is 5.05. The Morgan fingerprint density at radius 2 is 1.80 bits per heavy atom.